The Balaban J connectivity index is 1.26. The molecule has 6 nitrogen and oxygen atoms in total. The number of hydrogen-bond donors (Lipinski definition) is 1. The van der Waals surface area contributed by atoms with Crippen LogP contribution in [0.3, 0.4) is 0 Å². The molecule has 1 aromatic carbocycles. The molecule has 0 bridgehead atoms. The van der Waals surface area contributed by atoms with Gasteiger partial charge in [0, 0.05) is 37.6 Å². The first kappa shape index (κ1) is 22.9. The molecule has 1 aliphatic heterocycles. The van der Waals surface area contributed by atoms with Gasteiger partial charge in [0.15, 0.2) is 0 Å². The highest BCUT2D eigenvalue weighted by molar-refractivity contribution is 8.00. The first-order chi connectivity index (χ1) is 14.3. The summed E-state index contributed by atoms with van der Waals surface area (Å²) in [5, 5.41) is 3.03. The van der Waals surface area contributed by atoms with E-state index in [1.165, 1.54) is 35.3 Å². The second-order valence-corrected chi connectivity index (χ2v) is 10.1. The van der Waals surface area contributed by atoms with E-state index in [-0.39, 0.29) is 12.0 Å². The van der Waals surface area contributed by atoms with Gasteiger partial charge in [-0.3, -0.25) is 9.69 Å². The molecule has 1 aliphatic carbocycles. The van der Waals surface area contributed by atoms with Crippen LogP contribution in [0.2, 0.25) is 0 Å². The Bertz CT molecular complexity index is 740. The molecule has 2 aliphatic rings. The van der Waals surface area contributed by atoms with Gasteiger partial charge in [-0.15, -0.1) is 11.8 Å². The summed E-state index contributed by atoms with van der Waals surface area (Å²) >= 11 is 1.62. The Morgan fingerprint density at radius 3 is 2.57 bits per heavy atom. The summed E-state index contributed by atoms with van der Waals surface area (Å²) in [7, 11) is 0. The summed E-state index contributed by atoms with van der Waals surface area (Å²) in [6, 6.07) is 6.60. The van der Waals surface area contributed by atoms with E-state index in [0.29, 0.717) is 25.4 Å². The zero-order valence-corrected chi connectivity index (χ0v) is 19.4. The summed E-state index contributed by atoms with van der Waals surface area (Å²) < 4.78 is 5.43. The van der Waals surface area contributed by atoms with Crippen LogP contribution < -0.4 is 5.32 Å². The van der Waals surface area contributed by atoms with E-state index in [9.17, 15) is 9.59 Å². The minimum atomic E-state index is -0.453. The molecule has 166 valence electrons. The van der Waals surface area contributed by atoms with Gasteiger partial charge < -0.3 is 15.0 Å². The fraction of sp³-hybridized carbons (Fsp3) is 0.652. The predicted molar refractivity (Wildman–Crippen MR) is 121 cm³/mol. The van der Waals surface area contributed by atoms with E-state index in [4.69, 9.17) is 4.74 Å². The van der Waals surface area contributed by atoms with E-state index in [0.717, 1.165) is 26.1 Å². The number of rotatable bonds is 7. The molecule has 0 atom stereocenters. The fourth-order valence-corrected chi connectivity index (χ4v) is 4.64. The third kappa shape index (κ3) is 7.20. The molecule has 1 N–H and O–H groups in total. The number of piperazine rings is 1. The lowest BCUT2D eigenvalue weighted by Crippen LogP contribution is -2.50. The number of hydrogen-bond acceptors (Lipinski definition) is 5. The molecule has 0 aromatic heterocycles. The molecule has 1 aromatic rings. The van der Waals surface area contributed by atoms with E-state index in [1.54, 1.807) is 16.7 Å². The average molecular weight is 434 g/mol. The summed E-state index contributed by atoms with van der Waals surface area (Å²) in [6.45, 7) is 10.4. The van der Waals surface area contributed by atoms with Crippen molar-refractivity contribution in [3.05, 3.63) is 29.3 Å². The van der Waals surface area contributed by atoms with Crippen molar-refractivity contribution in [2.75, 3.05) is 45.0 Å². The number of nitrogens with zero attached hydrogens (tertiary/aromatic N) is 2. The number of nitrogens with one attached hydrogen (secondary N) is 1. The summed E-state index contributed by atoms with van der Waals surface area (Å²) in [5.41, 5.74) is 2.47. The van der Waals surface area contributed by atoms with Gasteiger partial charge in [-0.25, -0.2) is 4.79 Å². The number of ether oxygens (including phenoxy) is 1. The number of carbonyl (C=O) groups is 2. The second kappa shape index (κ2) is 10.5. The second-order valence-electron chi connectivity index (χ2n) is 9.09. The van der Waals surface area contributed by atoms with Gasteiger partial charge in [0.1, 0.15) is 5.60 Å². The normalized spacial score (nSPS) is 17.0. The smallest absolute Gasteiger partial charge is 0.410 e. The van der Waals surface area contributed by atoms with Gasteiger partial charge in [-0.1, -0.05) is 6.07 Å². The van der Waals surface area contributed by atoms with Crippen molar-refractivity contribution in [2.24, 2.45) is 0 Å². The monoisotopic (exact) mass is 433 g/mol. The SMILES string of the molecule is CC(C)(C)OC(=O)N1CCN(CCCNC(=O)CSc2ccc3c(c2)CCC3)CC1. The maximum absolute atomic E-state index is 12.1. The number of thioether (sulfide) groups is 1. The Morgan fingerprint density at radius 2 is 1.83 bits per heavy atom. The first-order valence-electron chi connectivity index (χ1n) is 11.0. The maximum atomic E-state index is 12.1. The lowest BCUT2D eigenvalue weighted by Gasteiger charge is -2.35. The lowest BCUT2D eigenvalue weighted by atomic mass is 10.1. The standard InChI is InChI=1S/C23H35N3O3S/c1-23(2,3)29-22(28)26-14-12-25(13-15-26)11-5-10-24-21(27)17-30-20-9-8-18-6-4-7-19(18)16-20/h8-9,16H,4-7,10-15,17H2,1-3H3,(H,24,27). The van der Waals surface area contributed by atoms with Crippen molar-refractivity contribution in [3.8, 4) is 0 Å². The highest BCUT2D eigenvalue weighted by Gasteiger charge is 2.25. The van der Waals surface area contributed by atoms with Gasteiger partial charge in [0.05, 0.1) is 5.75 Å². The van der Waals surface area contributed by atoms with Crippen molar-refractivity contribution in [3.63, 3.8) is 0 Å². The highest BCUT2D eigenvalue weighted by Crippen LogP contribution is 2.27. The van der Waals surface area contributed by atoms with Gasteiger partial charge in [-0.05, 0) is 76.3 Å². The van der Waals surface area contributed by atoms with Crippen LogP contribution in [0.25, 0.3) is 0 Å². The average Bonchev–Trinajstić information content (AvgIpc) is 3.16. The lowest BCUT2D eigenvalue weighted by molar-refractivity contribution is -0.118. The van der Waals surface area contributed by atoms with Gasteiger partial charge >= 0.3 is 6.09 Å². The Labute approximate surface area is 184 Å². The van der Waals surface area contributed by atoms with E-state index < -0.39 is 5.60 Å². The zero-order valence-electron chi connectivity index (χ0n) is 18.5. The molecule has 7 heteroatoms. The van der Waals surface area contributed by atoms with Crippen LogP contribution in [0.5, 0.6) is 0 Å². The van der Waals surface area contributed by atoms with Crippen molar-refractivity contribution in [2.45, 2.75) is 57.0 Å². The van der Waals surface area contributed by atoms with E-state index >= 15 is 0 Å². The Morgan fingerprint density at radius 1 is 1.10 bits per heavy atom. The van der Waals surface area contributed by atoms with Crippen LogP contribution in [0.1, 0.15) is 44.7 Å². The molecule has 0 saturated carbocycles. The molecule has 0 radical (unpaired) electrons. The van der Waals surface area contributed by atoms with Crippen LogP contribution in [0.15, 0.2) is 23.1 Å². The molecule has 3 rings (SSSR count). The molecular weight excluding hydrogens is 398 g/mol. The van der Waals surface area contributed by atoms with Crippen molar-refractivity contribution in [1.82, 2.24) is 15.1 Å². The summed E-state index contributed by atoms with van der Waals surface area (Å²) in [6.07, 6.45) is 4.30. The Hall–Kier alpha value is -1.73. The predicted octanol–water partition coefficient (Wildman–Crippen LogP) is 3.33. The molecule has 30 heavy (non-hydrogen) atoms. The van der Waals surface area contributed by atoms with Crippen LogP contribution >= 0.6 is 11.8 Å². The summed E-state index contributed by atoms with van der Waals surface area (Å²) in [5.74, 6) is 0.558. The van der Waals surface area contributed by atoms with Crippen LogP contribution in [-0.2, 0) is 22.4 Å². The third-order valence-electron chi connectivity index (χ3n) is 5.44. The zero-order chi connectivity index (χ0) is 21.6. The van der Waals surface area contributed by atoms with E-state index in [1.807, 2.05) is 20.8 Å². The fourth-order valence-electron chi connectivity index (χ4n) is 3.85. The minimum absolute atomic E-state index is 0.0928. The maximum Gasteiger partial charge on any atom is 0.410 e. The number of carbonyl (C=O) groups excluding carboxylic acids is 2. The quantitative estimate of drug-likeness (QED) is 0.528. The van der Waals surface area contributed by atoms with Gasteiger partial charge in [0.2, 0.25) is 5.91 Å². The van der Waals surface area contributed by atoms with Gasteiger partial charge in [-0.2, -0.15) is 0 Å². The topological polar surface area (TPSA) is 61.9 Å². The number of aryl methyl sites for hydroxylation is 2. The van der Waals surface area contributed by atoms with Crippen molar-refractivity contribution < 1.29 is 14.3 Å². The van der Waals surface area contributed by atoms with Crippen LogP contribution in [0, 0.1) is 0 Å². The molecule has 0 spiro atoms. The van der Waals surface area contributed by atoms with Crippen LogP contribution in [0.4, 0.5) is 4.79 Å². The van der Waals surface area contributed by atoms with Gasteiger partial charge in [0.25, 0.3) is 0 Å². The molecule has 0 unspecified atom stereocenters. The van der Waals surface area contributed by atoms with E-state index in [2.05, 4.69) is 28.4 Å². The van der Waals surface area contributed by atoms with Crippen molar-refractivity contribution in [1.29, 1.82) is 0 Å². The molecule has 1 saturated heterocycles. The molecule has 1 heterocycles. The first-order valence-corrected chi connectivity index (χ1v) is 12.0. The number of fused-ring (bicyclic) bond motifs is 1. The van der Waals surface area contributed by atoms with Crippen LogP contribution in [-0.4, -0.2) is 72.4 Å². The number of amides is 2. The molecular formula is C23H35N3O3S. The molecule has 2 amide bonds. The van der Waals surface area contributed by atoms with Crippen molar-refractivity contribution >= 4 is 23.8 Å². The third-order valence-corrected chi connectivity index (χ3v) is 6.43. The Kier molecular flexibility index (Phi) is 8.06. The molecule has 1 fully saturated rings. The number of benzene rings is 1. The summed E-state index contributed by atoms with van der Waals surface area (Å²) in [4.78, 5) is 29.5. The highest BCUT2D eigenvalue weighted by atomic mass is 32.2. The minimum Gasteiger partial charge on any atom is -0.444 e. The largest absolute Gasteiger partial charge is 0.444 e.